The fourth-order valence-corrected chi connectivity index (χ4v) is 3.90. The van der Waals surface area contributed by atoms with Gasteiger partial charge in [0.25, 0.3) is 5.91 Å². The van der Waals surface area contributed by atoms with Gasteiger partial charge in [-0.15, -0.1) is 0 Å². The van der Waals surface area contributed by atoms with Crippen LogP contribution in [0.3, 0.4) is 0 Å². The number of hydrogen-bond acceptors (Lipinski definition) is 4. The third-order valence-corrected chi connectivity index (χ3v) is 5.60. The van der Waals surface area contributed by atoms with Crippen LogP contribution in [0.4, 0.5) is 16.2 Å². The molecule has 0 bridgehead atoms. The van der Waals surface area contributed by atoms with Gasteiger partial charge in [0.05, 0.1) is 24.3 Å². The number of carbonyl (C=O) groups excluding carboxylic acids is 2. The zero-order valence-corrected chi connectivity index (χ0v) is 18.3. The van der Waals surface area contributed by atoms with Gasteiger partial charge in [0.15, 0.2) is 0 Å². The van der Waals surface area contributed by atoms with E-state index in [0.29, 0.717) is 42.2 Å². The van der Waals surface area contributed by atoms with E-state index >= 15 is 0 Å². The number of nitrogens with one attached hydrogen (secondary N) is 1. The first-order valence-corrected chi connectivity index (χ1v) is 10.7. The number of methoxy groups -OCH3 is 1. The molecule has 3 aromatic carbocycles. The van der Waals surface area contributed by atoms with Crippen molar-refractivity contribution in [1.29, 1.82) is 5.26 Å². The van der Waals surface area contributed by atoms with Crippen LogP contribution in [0.5, 0.6) is 5.75 Å². The Hall–Kier alpha value is -4.31. The maximum Gasteiger partial charge on any atom is 0.324 e. The van der Waals surface area contributed by atoms with Gasteiger partial charge in [-0.25, -0.2) is 4.79 Å². The van der Waals surface area contributed by atoms with Crippen LogP contribution in [0, 0.1) is 11.3 Å². The maximum absolute atomic E-state index is 13.1. The lowest BCUT2D eigenvalue weighted by atomic mass is 10.1. The summed E-state index contributed by atoms with van der Waals surface area (Å²) in [4.78, 5) is 29.2. The fourth-order valence-electron chi connectivity index (χ4n) is 3.90. The molecule has 4 rings (SSSR count). The van der Waals surface area contributed by atoms with Gasteiger partial charge in [-0.05, 0) is 54.4 Å². The van der Waals surface area contributed by atoms with Crippen LogP contribution in [0.1, 0.15) is 27.9 Å². The van der Waals surface area contributed by atoms with Gasteiger partial charge in [-0.3, -0.25) is 9.69 Å². The molecule has 0 unspecified atom stereocenters. The molecule has 0 saturated carbocycles. The largest absolute Gasteiger partial charge is 0.496 e. The summed E-state index contributed by atoms with van der Waals surface area (Å²) < 4.78 is 5.25. The van der Waals surface area contributed by atoms with Crippen LogP contribution in [0.15, 0.2) is 72.8 Å². The van der Waals surface area contributed by atoms with E-state index in [1.807, 2.05) is 36.4 Å². The minimum atomic E-state index is -0.267. The van der Waals surface area contributed by atoms with Crippen LogP contribution in [-0.2, 0) is 6.54 Å². The molecule has 7 nitrogen and oxygen atoms in total. The first-order chi connectivity index (χ1) is 16.1. The molecular formula is C26H24N4O3. The van der Waals surface area contributed by atoms with Crippen molar-refractivity contribution in [3.8, 4) is 11.8 Å². The predicted molar refractivity (Wildman–Crippen MR) is 126 cm³/mol. The van der Waals surface area contributed by atoms with Gasteiger partial charge in [0.2, 0.25) is 0 Å². The molecule has 0 atom stereocenters. The molecule has 7 heteroatoms. The first-order valence-electron chi connectivity index (χ1n) is 10.7. The summed E-state index contributed by atoms with van der Waals surface area (Å²) in [6.45, 7) is 1.65. The summed E-state index contributed by atoms with van der Waals surface area (Å²) in [6.07, 6.45) is 0.826. The van der Waals surface area contributed by atoms with E-state index in [9.17, 15) is 14.9 Å². The number of anilines is 2. The quantitative estimate of drug-likeness (QED) is 0.605. The van der Waals surface area contributed by atoms with E-state index < -0.39 is 0 Å². The summed E-state index contributed by atoms with van der Waals surface area (Å²) in [5.41, 5.74) is 3.25. The van der Waals surface area contributed by atoms with Crippen molar-refractivity contribution < 1.29 is 14.3 Å². The van der Waals surface area contributed by atoms with Crippen LogP contribution < -0.4 is 15.0 Å². The number of carbonyl (C=O) groups is 2. The fraction of sp³-hybridized carbons (Fsp3) is 0.192. The van der Waals surface area contributed by atoms with Gasteiger partial charge in [0.1, 0.15) is 5.75 Å². The van der Waals surface area contributed by atoms with Gasteiger partial charge in [0, 0.05) is 31.0 Å². The Morgan fingerprint density at radius 1 is 1.03 bits per heavy atom. The first kappa shape index (κ1) is 21.9. The number of rotatable bonds is 6. The Balaban J connectivity index is 1.45. The van der Waals surface area contributed by atoms with Gasteiger partial charge < -0.3 is 15.0 Å². The molecule has 0 spiro atoms. The molecule has 1 fully saturated rings. The molecule has 1 heterocycles. The Morgan fingerprint density at radius 2 is 1.76 bits per heavy atom. The van der Waals surface area contributed by atoms with Crippen LogP contribution in [0.2, 0.25) is 0 Å². The second-order valence-electron chi connectivity index (χ2n) is 7.68. The lowest BCUT2D eigenvalue weighted by Gasteiger charge is -2.36. The number of amides is 3. The SMILES string of the molecule is COc1ccccc1C(=O)Nc1ccc(N2CCCN(Cc3ccccc3C#N)C2=O)cc1. The molecule has 0 radical (unpaired) electrons. The number of hydrogen-bond donors (Lipinski definition) is 1. The van der Waals surface area contributed by atoms with Gasteiger partial charge in [-0.1, -0.05) is 30.3 Å². The minimum Gasteiger partial charge on any atom is -0.496 e. The zero-order valence-electron chi connectivity index (χ0n) is 18.3. The van der Waals surface area contributed by atoms with Crippen LogP contribution >= 0.6 is 0 Å². The minimum absolute atomic E-state index is 0.0974. The lowest BCUT2D eigenvalue weighted by Crippen LogP contribution is -2.49. The highest BCUT2D eigenvalue weighted by molar-refractivity contribution is 6.06. The average molecular weight is 441 g/mol. The highest BCUT2D eigenvalue weighted by Gasteiger charge is 2.27. The third-order valence-electron chi connectivity index (χ3n) is 5.60. The number of nitrogens with zero attached hydrogens (tertiary/aromatic N) is 3. The highest BCUT2D eigenvalue weighted by Crippen LogP contribution is 2.25. The standard InChI is InChI=1S/C26H24N4O3/c1-33-24-10-5-4-9-23(24)25(31)28-21-11-13-22(14-12-21)30-16-6-15-29(26(30)32)18-20-8-3-2-7-19(20)17-27/h2-5,7-14H,6,15-16,18H2,1H3,(H,28,31). The number of nitriles is 1. The molecule has 166 valence electrons. The Labute approximate surface area is 192 Å². The number of urea groups is 1. The van der Waals surface area contributed by atoms with E-state index in [1.54, 1.807) is 46.2 Å². The number of ether oxygens (including phenoxy) is 1. The second-order valence-corrected chi connectivity index (χ2v) is 7.68. The van der Waals surface area contributed by atoms with Crippen molar-refractivity contribution >= 4 is 23.3 Å². The van der Waals surface area contributed by atoms with Crippen molar-refractivity contribution in [1.82, 2.24) is 4.90 Å². The van der Waals surface area contributed by atoms with Crippen molar-refractivity contribution in [2.45, 2.75) is 13.0 Å². The van der Waals surface area contributed by atoms with E-state index in [0.717, 1.165) is 17.7 Å². The molecule has 1 N–H and O–H groups in total. The van der Waals surface area contributed by atoms with Crippen molar-refractivity contribution in [3.05, 3.63) is 89.5 Å². The summed E-state index contributed by atoms with van der Waals surface area (Å²) >= 11 is 0. The molecule has 1 aliphatic heterocycles. The number of para-hydroxylation sites is 1. The van der Waals surface area contributed by atoms with Gasteiger partial charge in [-0.2, -0.15) is 5.26 Å². The Morgan fingerprint density at radius 3 is 2.52 bits per heavy atom. The van der Waals surface area contributed by atoms with Gasteiger partial charge >= 0.3 is 6.03 Å². The average Bonchev–Trinajstić information content (AvgIpc) is 2.86. The lowest BCUT2D eigenvalue weighted by molar-refractivity contribution is 0.102. The molecule has 1 aliphatic rings. The second kappa shape index (κ2) is 9.88. The Kier molecular flexibility index (Phi) is 6.56. The van der Waals surface area contributed by atoms with Crippen molar-refractivity contribution in [3.63, 3.8) is 0 Å². The topological polar surface area (TPSA) is 85.7 Å². The predicted octanol–water partition coefficient (Wildman–Crippen LogP) is 4.65. The monoisotopic (exact) mass is 440 g/mol. The summed E-state index contributed by atoms with van der Waals surface area (Å²) in [6, 6.07) is 23.7. The molecule has 1 saturated heterocycles. The van der Waals surface area contributed by atoms with E-state index in [4.69, 9.17) is 4.74 Å². The van der Waals surface area contributed by atoms with Crippen molar-refractivity contribution in [2.75, 3.05) is 30.4 Å². The summed E-state index contributed by atoms with van der Waals surface area (Å²) in [7, 11) is 1.53. The van der Waals surface area contributed by atoms with E-state index in [2.05, 4.69) is 11.4 Å². The zero-order chi connectivity index (χ0) is 23.2. The summed E-state index contributed by atoms with van der Waals surface area (Å²) in [5, 5.41) is 12.2. The molecule has 33 heavy (non-hydrogen) atoms. The molecule has 0 aliphatic carbocycles. The summed E-state index contributed by atoms with van der Waals surface area (Å²) in [5.74, 6) is 0.236. The molecular weight excluding hydrogens is 416 g/mol. The molecule has 3 amide bonds. The molecule has 3 aromatic rings. The van der Waals surface area contributed by atoms with Crippen LogP contribution in [-0.4, -0.2) is 37.0 Å². The van der Waals surface area contributed by atoms with Crippen molar-refractivity contribution in [2.24, 2.45) is 0 Å². The number of benzene rings is 3. The third kappa shape index (κ3) is 4.80. The highest BCUT2D eigenvalue weighted by atomic mass is 16.5. The normalized spacial score (nSPS) is 13.4. The molecule has 0 aromatic heterocycles. The van der Waals surface area contributed by atoms with E-state index in [1.165, 1.54) is 7.11 Å². The maximum atomic E-state index is 13.1. The van der Waals surface area contributed by atoms with E-state index in [-0.39, 0.29) is 11.9 Å². The van der Waals surface area contributed by atoms with Crippen LogP contribution in [0.25, 0.3) is 0 Å². The smallest absolute Gasteiger partial charge is 0.324 e. The Bertz CT molecular complexity index is 1200.